The maximum Gasteiger partial charge on any atom is 0.296 e. The minimum atomic E-state index is -0.682. The van der Waals surface area contributed by atoms with Crippen LogP contribution in [0.4, 0.5) is 0 Å². The van der Waals surface area contributed by atoms with Gasteiger partial charge in [-0.1, -0.05) is 6.92 Å². The number of ketones is 1. The Hall–Kier alpha value is -1.95. The molecule has 0 saturated heterocycles. The molecule has 1 N–H and O–H groups in total. The molecule has 0 atom stereocenters. The van der Waals surface area contributed by atoms with E-state index in [4.69, 9.17) is 4.42 Å². The molecule has 0 unspecified atom stereocenters. The summed E-state index contributed by atoms with van der Waals surface area (Å²) in [6, 6.07) is 3.02. The summed E-state index contributed by atoms with van der Waals surface area (Å²) in [5.74, 6) is -1.31. The Balaban J connectivity index is 1.90. The first kappa shape index (κ1) is 12.5. The second-order valence-corrected chi connectivity index (χ2v) is 4.52. The number of carbonyl (C=O) groups excluding carboxylic acids is 2. The number of aromatic nitrogens is 1. The van der Waals surface area contributed by atoms with Gasteiger partial charge in [0, 0.05) is 5.38 Å². The fraction of sp³-hybridized carbons (Fsp3) is 0.250. The van der Waals surface area contributed by atoms with E-state index in [0.717, 1.165) is 17.1 Å². The number of carbonyl (C=O) groups is 2. The molecule has 0 fully saturated rings. The van der Waals surface area contributed by atoms with Crippen LogP contribution in [0.15, 0.2) is 28.2 Å². The molecule has 0 aromatic carbocycles. The number of rotatable bonds is 5. The average Bonchev–Trinajstić information content (AvgIpc) is 3.05. The van der Waals surface area contributed by atoms with Gasteiger partial charge in [-0.05, 0) is 18.6 Å². The first-order chi connectivity index (χ1) is 8.70. The quantitative estimate of drug-likeness (QED) is 0.660. The predicted molar refractivity (Wildman–Crippen MR) is 66.4 cm³/mol. The zero-order valence-electron chi connectivity index (χ0n) is 9.80. The third-order valence-corrected chi connectivity index (χ3v) is 3.21. The fourth-order valence-corrected chi connectivity index (χ4v) is 2.17. The molecule has 0 bridgehead atoms. The molecule has 0 aliphatic heterocycles. The highest BCUT2D eigenvalue weighted by atomic mass is 32.1. The van der Waals surface area contributed by atoms with Crippen molar-refractivity contribution in [2.75, 3.05) is 0 Å². The molecule has 0 spiro atoms. The number of hydrogen-bond donors (Lipinski definition) is 1. The number of nitrogens with zero attached hydrogens (tertiary/aromatic N) is 1. The Labute approximate surface area is 108 Å². The first-order valence-corrected chi connectivity index (χ1v) is 6.38. The van der Waals surface area contributed by atoms with Crippen molar-refractivity contribution in [1.82, 2.24) is 10.3 Å². The summed E-state index contributed by atoms with van der Waals surface area (Å²) in [4.78, 5) is 27.4. The van der Waals surface area contributed by atoms with Crippen LogP contribution in [0, 0.1) is 0 Å². The number of hydrogen-bond acceptors (Lipinski definition) is 5. The second kappa shape index (κ2) is 5.59. The number of aryl methyl sites for hydroxylation is 1. The Morgan fingerprint density at radius 2 is 2.33 bits per heavy atom. The normalized spacial score (nSPS) is 10.3. The summed E-state index contributed by atoms with van der Waals surface area (Å²) >= 11 is 1.46. The standard InChI is InChI=1S/C12H12N2O3S/c1-2-8-7-18-10(14-8)6-13-12(16)11(15)9-4-3-5-17-9/h3-5,7H,2,6H2,1H3,(H,13,16). The Bertz CT molecular complexity index is 545. The Morgan fingerprint density at radius 1 is 1.50 bits per heavy atom. The molecule has 2 rings (SSSR count). The van der Waals surface area contributed by atoms with Crippen LogP contribution in [-0.2, 0) is 17.8 Å². The van der Waals surface area contributed by atoms with E-state index in [1.807, 2.05) is 12.3 Å². The van der Waals surface area contributed by atoms with Crippen molar-refractivity contribution in [3.05, 3.63) is 40.2 Å². The van der Waals surface area contributed by atoms with Gasteiger partial charge in [-0.3, -0.25) is 9.59 Å². The molecular formula is C12H12N2O3S. The van der Waals surface area contributed by atoms with Gasteiger partial charge in [-0.2, -0.15) is 0 Å². The lowest BCUT2D eigenvalue weighted by Gasteiger charge is -1.99. The topological polar surface area (TPSA) is 72.2 Å². The highest BCUT2D eigenvalue weighted by molar-refractivity contribution is 7.09. The molecule has 0 saturated carbocycles. The SMILES string of the molecule is CCc1csc(CNC(=O)C(=O)c2ccco2)n1. The summed E-state index contributed by atoms with van der Waals surface area (Å²) in [5, 5.41) is 5.25. The third-order valence-electron chi connectivity index (χ3n) is 2.31. The van der Waals surface area contributed by atoms with Crippen molar-refractivity contribution in [3.8, 4) is 0 Å². The molecule has 2 aromatic rings. The van der Waals surface area contributed by atoms with Gasteiger partial charge in [0.2, 0.25) is 0 Å². The van der Waals surface area contributed by atoms with Crippen LogP contribution in [-0.4, -0.2) is 16.7 Å². The highest BCUT2D eigenvalue weighted by Gasteiger charge is 2.18. The van der Waals surface area contributed by atoms with Crippen LogP contribution in [0.5, 0.6) is 0 Å². The van der Waals surface area contributed by atoms with E-state index in [0.29, 0.717) is 0 Å². The molecular weight excluding hydrogens is 252 g/mol. The predicted octanol–water partition coefficient (Wildman–Crippen LogP) is 1.80. The lowest BCUT2D eigenvalue weighted by Crippen LogP contribution is -2.30. The van der Waals surface area contributed by atoms with E-state index in [1.165, 1.54) is 23.7 Å². The van der Waals surface area contributed by atoms with Crippen LogP contribution in [0.2, 0.25) is 0 Å². The minimum Gasteiger partial charge on any atom is -0.461 e. The van der Waals surface area contributed by atoms with E-state index in [-0.39, 0.29) is 12.3 Å². The van der Waals surface area contributed by atoms with E-state index >= 15 is 0 Å². The number of furan rings is 1. The van der Waals surface area contributed by atoms with Crippen molar-refractivity contribution >= 4 is 23.0 Å². The maximum absolute atomic E-state index is 11.6. The molecule has 5 nitrogen and oxygen atoms in total. The fourth-order valence-electron chi connectivity index (χ4n) is 1.35. The van der Waals surface area contributed by atoms with Gasteiger partial charge in [0.1, 0.15) is 5.01 Å². The van der Waals surface area contributed by atoms with Crippen LogP contribution >= 0.6 is 11.3 Å². The molecule has 0 radical (unpaired) electrons. The molecule has 0 aliphatic carbocycles. The molecule has 1 amide bonds. The van der Waals surface area contributed by atoms with E-state index in [1.54, 1.807) is 6.07 Å². The number of Topliss-reactive ketones (excluding diaryl/α,β-unsaturated/α-hetero) is 1. The van der Waals surface area contributed by atoms with Crippen LogP contribution in [0.1, 0.15) is 28.2 Å². The van der Waals surface area contributed by atoms with E-state index in [2.05, 4.69) is 10.3 Å². The number of nitrogens with one attached hydrogen (secondary N) is 1. The van der Waals surface area contributed by atoms with Crippen molar-refractivity contribution in [3.63, 3.8) is 0 Å². The summed E-state index contributed by atoms with van der Waals surface area (Å²) in [6.45, 7) is 2.27. The zero-order chi connectivity index (χ0) is 13.0. The molecule has 0 aliphatic rings. The van der Waals surface area contributed by atoms with Gasteiger partial charge >= 0.3 is 0 Å². The van der Waals surface area contributed by atoms with Crippen LogP contribution in [0.25, 0.3) is 0 Å². The van der Waals surface area contributed by atoms with Crippen molar-refractivity contribution in [2.45, 2.75) is 19.9 Å². The first-order valence-electron chi connectivity index (χ1n) is 5.50. The largest absolute Gasteiger partial charge is 0.461 e. The number of thiazole rings is 1. The van der Waals surface area contributed by atoms with Gasteiger partial charge < -0.3 is 9.73 Å². The maximum atomic E-state index is 11.6. The van der Waals surface area contributed by atoms with Crippen molar-refractivity contribution < 1.29 is 14.0 Å². The van der Waals surface area contributed by atoms with Gasteiger partial charge in [-0.25, -0.2) is 4.98 Å². The van der Waals surface area contributed by atoms with Crippen molar-refractivity contribution in [2.24, 2.45) is 0 Å². The summed E-state index contributed by atoms with van der Waals surface area (Å²) in [5.41, 5.74) is 0.988. The second-order valence-electron chi connectivity index (χ2n) is 3.58. The molecule has 2 heterocycles. The minimum absolute atomic E-state index is 0.0425. The van der Waals surface area contributed by atoms with Gasteiger partial charge in [0.15, 0.2) is 5.76 Å². The summed E-state index contributed by atoms with van der Waals surface area (Å²) in [6.07, 6.45) is 2.21. The van der Waals surface area contributed by atoms with E-state index < -0.39 is 11.7 Å². The molecule has 94 valence electrons. The number of amides is 1. The molecule has 2 aromatic heterocycles. The Kier molecular flexibility index (Phi) is 3.88. The van der Waals surface area contributed by atoms with Crippen molar-refractivity contribution in [1.29, 1.82) is 0 Å². The van der Waals surface area contributed by atoms with Gasteiger partial charge in [-0.15, -0.1) is 11.3 Å². The van der Waals surface area contributed by atoms with Crippen LogP contribution in [0.3, 0.4) is 0 Å². The summed E-state index contributed by atoms with van der Waals surface area (Å²) < 4.78 is 4.87. The Morgan fingerprint density at radius 3 is 2.94 bits per heavy atom. The smallest absolute Gasteiger partial charge is 0.296 e. The van der Waals surface area contributed by atoms with Gasteiger partial charge in [0.25, 0.3) is 11.7 Å². The third kappa shape index (κ3) is 2.84. The lowest BCUT2D eigenvalue weighted by atomic mass is 10.3. The lowest BCUT2D eigenvalue weighted by molar-refractivity contribution is -0.117. The highest BCUT2D eigenvalue weighted by Crippen LogP contribution is 2.10. The van der Waals surface area contributed by atoms with Crippen LogP contribution < -0.4 is 5.32 Å². The molecule has 18 heavy (non-hydrogen) atoms. The average molecular weight is 264 g/mol. The van der Waals surface area contributed by atoms with Gasteiger partial charge in [0.05, 0.1) is 18.5 Å². The van der Waals surface area contributed by atoms with E-state index in [9.17, 15) is 9.59 Å². The molecule has 6 heteroatoms. The zero-order valence-corrected chi connectivity index (χ0v) is 10.6. The summed E-state index contributed by atoms with van der Waals surface area (Å²) in [7, 11) is 0. The monoisotopic (exact) mass is 264 g/mol.